The fourth-order valence-corrected chi connectivity index (χ4v) is 4.32. The third-order valence-corrected chi connectivity index (χ3v) is 5.99. The second-order valence-corrected chi connectivity index (χ2v) is 8.51. The van der Waals surface area contributed by atoms with Crippen LogP contribution in [0.3, 0.4) is 0 Å². The van der Waals surface area contributed by atoms with Crippen molar-refractivity contribution in [1.29, 1.82) is 0 Å². The van der Waals surface area contributed by atoms with Crippen molar-refractivity contribution in [2.24, 2.45) is 0 Å². The third kappa shape index (κ3) is 7.74. The zero-order valence-electron chi connectivity index (χ0n) is 20.0. The first-order chi connectivity index (χ1) is 17.6. The molecule has 1 aliphatic carbocycles. The van der Waals surface area contributed by atoms with Crippen molar-refractivity contribution in [2.75, 3.05) is 5.32 Å². The highest BCUT2D eigenvalue weighted by molar-refractivity contribution is 5.91. The summed E-state index contributed by atoms with van der Waals surface area (Å²) in [5.41, 5.74) is 0.0303. The van der Waals surface area contributed by atoms with Crippen molar-refractivity contribution in [2.45, 2.75) is 63.9 Å². The molecule has 0 bridgehead atoms. The largest absolute Gasteiger partial charge is 0.434 e. The molecular formula is C26H27F6N3O2. The van der Waals surface area contributed by atoms with Crippen LogP contribution < -0.4 is 15.4 Å². The number of alkyl halides is 5. The molecule has 1 aromatic heterocycles. The molecule has 1 aliphatic rings. The molecule has 5 nitrogen and oxygen atoms in total. The van der Waals surface area contributed by atoms with Crippen LogP contribution in [0.2, 0.25) is 0 Å². The number of halogens is 6. The lowest BCUT2D eigenvalue weighted by atomic mass is 9.91. The van der Waals surface area contributed by atoms with Crippen molar-refractivity contribution in [1.82, 2.24) is 10.3 Å². The van der Waals surface area contributed by atoms with Gasteiger partial charge in [-0.3, -0.25) is 4.79 Å². The number of benzene rings is 2. The van der Waals surface area contributed by atoms with Gasteiger partial charge in [0, 0.05) is 28.7 Å². The van der Waals surface area contributed by atoms with E-state index in [1.807, 2.05) is 0 Å². The molecule has 0 saturated heterocycles. The van der Waals surface area contributed by atoms with Gasteiger partial charge in [-0.15, -0.1) is 0 Å². The predicted octanol–water partition coefficient (Wildman–Crippen LogP) is 6.71. The minimum Gasteiger partial charge on any atom is -0.434 e. The van der Waals surface area contributed by atoms with E-state index < -0.39 is 24.3 Å². The molecule has 11 heteroatoms. The highest BCUT2D eigenvalue weighted by Gasteiger charge is 2.33. The average Bonchev–Trinajstić information content (AvgIpc) is 2.84. The SMILES string of the molecule is CCc1c(F)cccc1OC(F)F.O=CNC1CCCC(Nc2cc(C(F)(F)F)nc3ccccc23)C1. The van der Waals surface area contributed by atoms with Crippen molar-refractivity contribution in [3.05, 3.63) is 65.6 Å². The van der Waals surface area contributed by atoms with Crippen LogP contribution in [0.4, 0.5) is 32.0 Å². The van der Waals surface area contributed by atoms with Crippen LogP contribution in [0.15, 0.2) is 48.5 Å². The molecule has 2 N–H and O–H groups in total. The first-order valence-corrected chi connectivity index (χ1v) is 11.8. The van der Waals surface area contributed by atoms with E-state index in [0.717, 1.165) is 25.3 Å². The molecule has 2 unspecified atom stereocenters. The van der Waals surface area contributed by atoms with Crippen LogP contribution in [0, 0.1) is 5.82 Å². The van der Waals surface area contributed by atoms with E-state index in [2.05, 4.69) is 20.4 Å². The number of pyridine rings is 1. The normalized spacial score (nSPS) is 17.6. The smallest absolute Gasteiger partial charge is 0.433 e. The Balaban J connectivity index is 0.000000248. The number of hydrogen-bond acceptors (Lipinski definition) is 4. The molecule has 37 heavy (non-hydrogen) atoms. The first kappa shape index (κ1) is 28.1. The predicted molar refractivity (Wildman–Crippen MR) is 128 cm³/mol. The molecule has 0 spiro atoms. The first-order valence-electron chi connectivity index (χ1n) is 11.8. The van der Waals surface area contributed by atoms with Crippen molar-refractivity contribution >= 4 is 23.0 Å². The molecule has 200 valence electrons. The molecule has 2 aromatic carbocycles. The number of fused-ring (bicyclic) bond motifs is 1. The Morgan fingerprint density at radius 1 is 1.11 bits per heavy atom. The Morgan fingerprint density at radius 2 is 1.84 bits per heavy atom. The van der Waals surface area contributed by atoms with Crippen LogP contribution in [0.25, 0.3) is 10.9 Å². The minimum atomic E-state index is -4.49. The molecule has 0 aliphatic heterocycles. The number of amides is 1. The number of rotatable bonds is 7. The molecule has 3 aromatic rings. The lowest BCUT2D eigenvalue weighted by Gasteiger charge is -2.30. The second kappa shape index (κ2) is 12.6. The van der Waals surface area contributed by atoms with E-state index >= 15 is 0 Å². The molecule has 1 amide bonds. The molecule has 1 heterocycles. The van der Waals surface area contributed by atoms with Gasteiger partial charge in [0.05, 0.1) is 5.52 Å². The third-order valence-electron chi connectivity index (χ3n) is 5.99. The quantitative estimate of drug-likeness (QED) is 0.265. The molecular weight excluding hydrogens is 500 g/mol. The number of nitrogens with zero attached hydrogens (tertiary/aromatic N) is 1. The van der Waals surface area contributed by atoms with Crippen molar-refractivity contribution < 1.29 is 35.9 Å². The van der Waals surface area contributed by atoms with Gasteiger partial charge in [-0.25, -0.2) is 9.37 Å². The molecule has 1 saturated carbocycles. The summed E-state index contributed by atoms with van der Waals surface area (Å²) in [7, 11) is 0. The van der Waals surface area contributed by atoms with E-state index in [0.29, 0.717) is 35.8 Å². The van der Waals surface area contributed by atoms with E-state index in [-0.39, 0.29) is 23.4 Å². The van der Waals surface area contributed by atoms with Crippen LogP contribution >= 0.6 is 0 Å². The minimum absolute atomic E-state index is 0.0167. The zero-order chi connectivity index (χ0) is 27.0. The highest BCUT2D eigenvalue weighted by Crippen LogP contribution is 2.34. The lowest BCUT2D eigenvalue weighted by Crippen LogP contribution is -2.38. The monoisotopic (exact) mass is 527 g/mol. The molecule has 1 fully saturated rings. The zero-order valence-corrected chi connectivity index (χ0v) is 20.0. The highest BCUT2D eigenvalue weighted by atomic mass is 19.4. The lowest BCUT2D eigenvalue weighted by molar-refractivity contribution is -0.140. The van der Waals surface area contributed by atoms with Gasteiger partial charge in [0.2, 0.25) is 6.41 Å². The molecule has 4 rings (SSSR count). The summed E-state index contributed by atoms with van der Waals surface area (Å²) in [4.78, 5) is 14.3. The maximum absolute atomic E-state index is 13.1. The molecule has 0 radical (unpaired) electrons. The number of ether oxygens (including phenoxy) is 1. The Bertz CT molecular complexity index is 1190. The molecule has 2 atom stereocenters. The van der Waals surface area contributed by atoms with Gasteiger partial charge in [-0.2, -0.15) is 22.0 Å². The summed E-state index contributed by atoms with van der Waals surface area (Å²) >= 11 is 0. The van der Waals surface area contributed by atoms with Gasteiger partial charge in [-0.05, 0) is 56.4 Å². The Hall–Kier alpha value is -3.50. The van der Waals surface area contributed by atoms with E-state index in [1.165, 1.54) is 18.2 Å². The Labute approximate surface area is 210 Å². The Morgan fingerprint density at radius 3 is 2.51 bits per heavy atom. The van der Waals surface area contributed by atoms with Gasteiger partial charge in [-0.1, -0.05) is 31.2 Å². The van der Waals surface area contributed by atoms with Crippen LogP contribution in [-0.4, -0.2) is 30.1 Å². The standard InChI is InChI=1S/C17H18F3N3O.C9H9F3O/c18-17(19,20)16-9-15(13-6-1-2-7-14(13)23-16)22-12-5-3-4-11(8-12)21-10-24;1-2-6-7(10)4-3-5-8(6)13-9(11)12/h1-2,6-7,9-12H,3-5,8H2,(H,21,24)(H,22,23);3-5,9H,2H2,1H3. The van der Waals surface area contributed by atoms with Gasteiger partial charge in [0.1, 0.15) is 17.3 Å². The number of para-hydroxylation sites is 1. The number of carbonyl (C=O) groups excluding carboxylic acids is 1. The van der Waals surface area contributed by atoms with Crippen LogP contribution in [0.1, 0.15) is 43.9 Å². The summed E-state index contributed by atoms with van der Waals surface area (Å²) in [6, 6.07) is 11.8. The van der Waals surface area contributed by atoms with Crippen molar-refractivity contribution in [3.63, 3.8) is 0 Å². The number of anilines is 1. The fraction of sp³-hybridized carbons (Fsp3) is 0.385. The summed E-state index contributed by atoms with van der Waals surface area (Å²) in [5.74, 6) is -0.599. The summed E-state index contributed by atoms with van der Waals surface area (Å²) in [6.07, 6.45) is -0.133. The number of carbonyl (C=O) groups is 1. The van der Waals surface area contributed by atoms with Crippen molar-refractivity contribution in [3.8, 4) is 5.75 Å². The van der Waals surface area contributed by atoms with Crippen LogP contribution in [0.5, 0.6) is 5.75 Å². The maximum atomic E-state index is 13.1. The number of nitrogens with one attached hydrogen (secondary N) is 2. The van der Waals surface area contributed by atoms with E-state index in [9.17, 15) is 31.1 Å². The van der Waals surface area contributed by atoms with Gasteiger partial charge < -0.3 is 15.4 Å². The van der Waals surface area contributed by atoms with E-state index in [4.69, 9.17) is 0 Å². The summed E-state index contributed by atoms with van der Waals surface area (Å²) < 4.78 is 80.1. The number of hydrogen-bond donors (Lipinski definition) is 2. The van der Waals surface area contributed by atoms with E-state index in [1.54, 1.807) is 31.2 Å². The fourth-order valence-electron chi connectivity index (χ4n) is 4.32. The average molecular weight is 528 g/mol. The second-order valence-electron chi connectivity index (χ2n) is 8.51. The Kier molecular flexibility index (Phi) is 9.60. The van der Waals surface area contributed by atoms with Gasteiger partial charge in [0.25, 0.3) is 0 Å². The van der Waals surface area contributed by atoms with Gasteiger partial charge in [0.15, 0.2) is 0 Å². The summed E-state index contributed by atoms with van der Waals surface area (Å²) in [5, 5.41) is 6.65. The maximum Gasteiger partial charge on any atom is 0.433 e. The van der Waals surface area contributed by atoms with Crippen LogP contribution in [-0.2, 0) is 17.4 Å². The topological polar surface area (TPSA) is 63.2 Å². The summed E-state index contributed by atoms with van der Waals surface area (Å²) in [6.45, 7) is -1.23. The number of aromatic nitrogens is 1. The van der Waals surface area contributed by atoms with Gasteiger partial charge >= 0.3 is 12.8 Å².